The van der Waals surface area contributed by atoms with Gasteiger partial charge in [0, 0.05) is 13.0 Å². The van der Waals surface area contributed by atoms with E-state index in [1.165, 1.54) is 49.4 Å². The summed E-state index contributed by atoms with van der Waals surface area (Å²) in [4.78, 5) is 23.5. The number of benzene rings is 2. The predicted molar refractivity (Wildman–Crippen MR) is 138 cm³/mol. The topological polar surface area (TPSA) is 85.3 Å². The van der Waals surface area contributed by atoms with Gasteiger partial charge in [-0.2, -0.15) is 57.1 Å². The number of halogens is 13. The fourth-order valence-corrected chi connectivity index (χ4v) is 3.83. The van der Waals surface area contributed by atoms with Crippen molar-refractivity contribution >= 4 is 12.1 Å². The maximum absolute atomic E-state index is 14.7. The third-order valence-corrected chi connectivity index (χ3v) is 6.55. The van der Waals surface area contributed by atoms with E-state index in [-0.39, 0.29) is 30.1 Å². The van der Waals surface area contributed by atoms with Crippen LogP contribution in [0.4, 0.5) is 61.9 Å². The molecule has 1 unspecified atom stereocenters. The number of ether oxygens (including phenoxy) is 3. The van der Waals surface area contributed by atoms with Crippen LogP contribution >= 0.6 is 0 Å². The smallest absolute Gasteiger partial charge is 0.460 e. The van der Waals surface area contributed by atoms with Gasteiger partial charge in [0.15, 0.2) is 6.10 Å². The van der Waals surface area contributed by atoms with E-state index in [1.807, 2.05) is 0 Å². The molecule has 1 atom stereocenters. The zero-order valence-corrected chi connectivity index (χ0v) is 24.6. The molecule has 1 N–H and O–H groups in total. The number of alkyl halides is 13. The highest BCUT2D eigenvalue weighted by Crippen LogP contribution is 2.60. The Morgan fingerprint density at radius 2 is 1.33 bits per heavy atom. The number of amides is 1. The number of carbonyl (C=O) groups is 2. The summed E-state index contributed by atoms with van der Waals surface area (Å²) in [5.74, 6) is -40.0. The van der Waals surface area contributed by atoms with E-state index in [9.17, 15) is 71.8 Å². The summed E-state index contributed by atoms with van der Waals surface area (Å²) >= 11 is 0. The van der Waals surface area contributed by atoms with Crippen LogP contribution in [0.3, 0.4) is 0 Å². The van der Waals surface area contributed by atoms with Crippen LogP contribution < -0.4 is 9.47 Å². The van der Waals surface area contributed by atoms with Crippen molar-refractivity contribution in [2.24, 2.45) is 0 Å². The normalized spacial score (nSPS) is 14.0. The fourth-order valence-electron chi connectivity index (χ4n) is 3.83. The number of carbonyl (C=O) groups excluding carboxylic acids is 1. The SMILES string of the molecule is CCOC(Cc1ccc(OCCN(CC(F)(F)C(F)(F)C(F)(F)C(F)(F)C(F)(F)C(F)(F)F)C(=O)Oc2ccccc2C)cc1)C(=O)O. The molecule has 0 aliphatic rings. The van der Waals surface area contributed by atoms with Crippen molar-refractivity contribution in [3.8, 4) is 11.5 Å². The number of carboxylic acids is 1. The molecule has 2 aromatic carbocycles. The first-order valence-electron chi connectivity index (χ1n) is 13.4. The van der Waals surface area contributed by atoms with Gasteiger partial charge in [0.05, 0.1) is 13.1 Å². The van der Waals surface area contributed by atoms with Crippen LogP contribution in [0.5, 0.6) is 11.5 Å². The lowest BCUT2D eigenvalue weighted by Crippen LogP contribution is -2.71. The summed E-state index contributed by atoms with van der Waals surface area (Å²) in [5, 5.41) is 9.17. The number of hydrogen-bond acceptors (Lipinski definition) is 5. The van der Waals surface area contributed by atoms with Crippen LogP contribution in [0.25, 0.3) is 0 Å². The van der Waals surface area contributed by atoms with E-state index >= 15 is 0 Å². The van der Waals surface area contributed by atoms with Gasteiger partial charge >= 0.3 is 47.9 Å². The highest BCUT2D eigenvalue weighted by Gasteiger charge is 2.90. The predicted octanol–water partition coefficient (Wildman–Crippen LogP) is 7.65. The van der Waals surface area contributed by atoms with E-state index in [0.717, 1.165) is 6.07 Å². The molecule has 48 heavy (non-hydrogen) atoms. The van der Waals surface area contributed by atoms with Gasteiger partial charge in [0.1, 0.15) is 18.1 Å². The van der Waals surface area contributed by atoms with Crippen molar-refractivity contribution in [3.05, 3.63) is 59.7 Å². The molecule has 1 amide bonds. The lowest BCUT2D eigenvalue weighted by atomic mass is 9.93. The van der Waals surface area contributed by atoms with Gasteiger partial charge in [-0.25, -0.2) is 9.59 Å². The summed E-state index contributed by atoms with van der Waals surface area (Å²) in [6, 6.07) is 10.2. The minimum Gasteiger partial charge on any atom is -0.492 e. The van der Waals surface area contributed by atoms with E-state index in [2.05, 4.69) is 0 Å². The molecule has 0 aromatic heterocycles. The molecule has 0 radical (unpaired) electrons. The minimum absolute atomic E-state index is 0.0754. The second-order valence-corrected chi connectivity index (χ2v) is 10.0. The average molecular weight is 719 g/mol. The second-order valence-electron chi connectivity index (χ2n) is 10.0. The first kappa shape index (κ1) is 40.2. The zero-order valence-electron chi connectivity index (χ0n) is 24.6. The first-order chi connectivity index (χ1) is 21.8. The molecule has 0 spiro atoms. The highest BCUT2D eigenvalue weighted by molar-refractivity contribution is 5.73. The molecule has 20 heteroatoms. The number of rotatable bonds is 16. The highest BCUT2D eigenvalue weighted by atomic mass is 19.4. The van der Waals surface area contributed by atoms with Crippen LogP contribution in [0.2, 0.25) is 0 Å². The van der Waals surface area contributed by atoms with Gasteiger partial charge in [-0.3, -0.25) is 4.90 Å². The van der Waals surface area contributed by atoms with E-state index in [1.54, 1.807) is 6.92 Å². The fraction of sp³-hybridized carbons (Fsp3) is 0.500. The number of para-hydroxylation sites is 1. The Labute approximate surface area is 263 Å². The molecule has 0 saturated carbocycles. The summed E-state index contributed by atoms with van der Waals surface area (Å²) in [6.07, 6.45) is -10.9. The Bertz CT molecular complexity index is 1400. The Balaban J connectivity index is 2.35. The largest absolute Gasteiger partial charge is 0.492 e. The number of nitrogens with zero attached hydrogens (tertiary/aromatic N) is 1. The molecule has 0 saturated heterocycles. The average Bonchev–Trinajstić information content (AvgIpc) is 2.97. The summed E-state index contributed by atoms with van der Waals surface area (Å²) in [7, 11) is 0. The molecule has 0 aliphatic heterocycles. The maximum atomic E-state index is 14.7. The van der Waals surface area contributed by atoms with Crippen LogP contribution in [-0.2, 0) is 16.0 Å². The Morgan fingerprint density at radius 1 is 0.792 bits per heavy atom. The van der Waals surface area contributed by atoms with Crippen molar-refractivity contribution in [3.63, 3.8) is 0 Å². The number of aliphatic carboxylic acids is 1. The minimum atomic E-state index is -8.10. The van der Waals surface area contributed by atoms with Crippen LogP contribution in [0.1, 0.15) is 18.1 Å². The molecular weight excluding hydrogens is 693 g/mol. The van der Waals surface area contributed by atoms with Crippen molar-refractivity contribution in [1.82, 2.24) is 4.90 Å². The summed E-state index contributed by atoms with van der Waals surface area (Å²) in [5.41, 5.74) is 0.552. The van der Waals surface area contributed by atoms with Crippen molar-refractivity contribution in [1.29, 1.82) is 0 Å². The monoisotopic (exact) mass is 719 g/mol. The zero-order chi connectivity index (χ0) is 36.9. The Hall–Kier alpha value is -3.97. The Kier molecular flexibility index (Phi) is 12.3. The van der Waals surface area contributed by atoms with Crippen molar-refractivity contribution in [2.45, 2.75) is 62.2 Å². The number of aryl methyl sites for hydroxylation is 1. The molecule has 270 valence electrons. The number of hydrogen-bond donors (Lipinski definition) is 1. The molecule has 0 heterocycles. The van der Waals surface area contributed by atoms with E-state index in [4.69, 9.17) is 14.2 Å². The maximum Gasteiger partial charge on any atom is 0.460 e. The van der Waals surface area contributed by atoms with E-state index in [0.29, 0.717) is 5.56 Å². The third kappa shape index (κ3) is 8.35. The number of carboxylic acid groups (broad SMARTS) is 1. The molecule has 0 aliphatic carbocycles. The van der Waals surface area contributed by atoms with Gasteiger partial charge < -0.3 is 19.3 Å². The van der Waals surface area contributed by atoms with Crippen molar-refractivity contribution in [2.75, 3.05) is 26.3 Å². The van der Waals surface area contributed by atoms with Gasteiger partial charge in [-0.15, -0.1) is 0 Å². The van der Waals surface area contributed by atoms with Crippen LogP contribution in [0, 0.1) is 6.92 Å². The molecule has 7 nitrogen and oxygen atoms in total. The van der Waals surface area contributed by atoms with Gasteiger partial charge in [0.2, 0.25) is 0 Å². The quantitative estimate of drug-likeness (QED) is 0.180. The molecular formula is C28H26F13NO6. The summed E-state index contributed by atoms with van der Waals surface area (Å²) < 4.78 is 192. The molecule has 0 fully saturated rings. The molecule has 2 aromatic rings. The molecule has 0 bridgehead atoms. The van der Waals surface area contributed by atoms with Gasteiger partial charge in [-0.1, -0.05) is 30.3 Å². The Morgan fingerprint density at radius 3 is 1.83 bits per heavy atom. The summed E-state index contributed by atoms with van der Waals surface area (Å²) in [6.45, 7) is -2.17. The van der Waals surface area contributed by atoms with Gasteiger partial charge in [-0.05, 0) is 43.2 Å². The lowest BCUT2D eigenvalue weighted by molar-refractivity contribution is -0.440. The molecule has 2 rings (SSSR count). The van der Waals surface area contributed by atoms with E-state index < -0.39 is 78.6 Å². The standard InChI is InChI=1S/C28H26F13NO6/c1-3-46-20(21(43)44)14-17-8-10-18(11-9-17)47-13-12-42(22(45)48-19-7-5-4-6-16(19)2)15-23(29,30)24(31,32)25(33,34)26(35,36)27(37,38)28(39,40)41/h4-11,20H,3,12-15H2,1-2H3,(H,43,44). The third-order valence-electron chi connectivity index (χ3n) is 6.55. The van der Waals surface area contributed by atoms with Crippen LogP contribution in [0.15, 0.2) is 48.5 Å². The van der Waals surface area contributed by atoms with Gasteiger partial charge in [0.25, 0.3) is 0 Å². The second kappa shape index (κ2) is 14.7. The van der Waals surface area contributed by atoms with Crippen molar-refractivity contribution < 1.29 is 86.0 Å². The first-order valence-corrected chi connectivity index (χ1v) is 13.4. The lowest BCUT2D eigenvalue weighted by Gasteiger charge is -2.40. The van der Waals surface area contributed by atoms with Crippen LogP contribution in [-0.4, -0.2) is 90.3 Å².